The van der Waals surface area contributed by atoms with Crippen molar-refractivity contribution in [1.82, 2.24) is 10.1 Å². The molecule has 1 aromatic heterocycles. The van der Waals surface area contributed by atoms with Gasteiger partial charge in [0.25, 0.3) is 0 Å². The third-order valence-corrected chi connectivity index (χ3v) is 4.55. The Kier molecular flexibility index (Phi) is 4.97. The summed E-state index contributed by atoms with van der Waals surface area (Å²) in [5, 5.41) is 16.5. The van der Waals surface area contributed by atoms with Crippen LogP contribution in [0.4, 0.5) is 5.82 Å². The molecule has 6 nitrogen and oxygen atoms in total. The van der Waals surface area contributed by atoms with Gasteiger partial charge in [-0.25, -0.2) is 0 Å². The van der Waals surface area contributed by atoms with Gasteiger partial charge in [0.1, 0.15) is 11.8 Å². The fraction of sp³-hybridized carbons (Fsp3) is 0.444. The largest absolute Gasteiger partial charge is 0.393 e. The Hall–Kier alpha value is -2.18. The summed E-state index contributed by atoms with van der Waals surface area (Å²) in [4.78, 5) is 15.0. The monoisotopic (exact) mass is 329 g/mol. The summed E-state index contributed by atoms with van der Waals surface area (Å²) >= 11 is 0. The van der Waals surface area contributed by atoms with Gasteiger partial charge in [0.05, 0.1) is 6.10 Å². The van der Waals surface area contributed by atoms with Gasteiger partial charge in [0.2, 0.25) is 5.91 Å². The van der Waals surface area contributed by atoms with Crippen molar-refractivity contribution >= 4 is 11.7 Å². The molecule has 0 spiro atoms. The topological polar surface area (TPSA) is 78.6 Å². The molecule has 3 atom stereocenters. The molecule has 1 aliphatic heterocycles. The molecular formula is C18H23N3O3. The Morgan fingerprint density at radius 2 is 2.17 bits per heavy atom. The predicted octanol–water partition coefficient (Wildman–Crippen LogP) is 2.37. The number of benzene rings is 1. The summed E-state index contributed by atoms with van der Waals surface area (Å²) in [6.07, 6.45) is 0.518. The third-order valence-electron chi connectivity index (χ3n) is 4.55. The number of hydrogen-bond acceptors (Lipinski definition) is 5. The number of aromatic nitrogens is 1. The van der Waals surface area contributed by atoms with Crippen LogP contribution in [0.25, 0.3) is 0 Å². The Morgan fingerprint density at radius 3 is 2.75 bits per heavy atom. The van der Waals surface area contributed by atoms with E-state index >= 15 is 0 Å². The Balaban J connectivity index is 1.81. The first-order valence-electron chi connectivity index (χ1n) is 8.26. The summed E-state index contributed by atoms with van der Waals surface area (Å²) in [5.74, 6) is 1.13. The standard InChI is InChI=1S/C18H23N3O3/c1-12-10-16(20-24-12)19-18(23)17(14-6-4-3-5-7-14)21-9-8-15(11-21)13(2)22/h3-7,10,13,15,17,22H,8-9,11H2,1-2H3,(H,19,20,23). The van der Waals surface area contributed by atoms with E-state index in [1.165, 1.54) is 0 Å². The average molecular weight is 329 g/mol. The Labute approximate surface area is 141 Å². The fourth-order valence-electron chi connectivity index (χ4n) is 3.23. The van der Waals surface area contributed by atoms with Gasteiger partial charge in [-0.1, -0.05) is 35.5 Å². The van der Waals surface area contributed by atoms with E-state index in [0.29, 0.717) is 18.1 Å². The number of likely N-dealkylation sites (tertiary alicyclic amines) is 1. The second kappa shape index (κ2) is 7.15. The van der Waals surface area contributed by atoms with Crippen LogP contribution in [0.3, 0.4) is 0 Å². The molecule has 0 saturated carbocycles. The first kappa shape index (κ1) is 16.7. The van der Waals surface area contributed by atoms with E-state index in [-0.39, 0.29) is 17.9 Å². The minimum absolute atomic E-state index is 0.138. The van der Waals surface area contributed by atoms with E-state index in [1.54, 1.807) is 13.0 Å². The number of rotatable bonds is 5. The van der Waals surface area contributed by atoms with E-state index < -0.39 is 6.04 Å². The molecule has 1 aliphatic rings. The number of aliphatic hydroxyl groups is 1. The molecule has 2 aromatic rings. The molecule has 2 N–H and O–H groups in total. The molecule has 0 radical (unpaired) electrons. The maximum Gasteiger partial charge on any atom is 0.247 e. The first-order valence-corrected chi connectivity index (χ1v) is 8.26. The van der Waals surface area contributed by atoms with E-state index in [2.05, 4.69) is 15.4 Å². The Morgan fingerprint density at radius 1 is 1.42 bits per heavy atom. The lowest BCUT2D eigenvalue weighted by atomic mass is 10.0. The summed E-state index contributed by atoms with van der Waals surface area (Å²) in [5.41, 5.74) is 0.932. The second-order valence-corrected chi connectivity index (χ2v) is 6.41. The van der Waals surface area contributed by atoms with Gasteiger partial charge < -0.3 is 14.9 Å². The van der Waals surface area contributed by atoms with Crippen molar-refractivity contribution in [3.05, 3.63) is 47.7 Å². The van der Waals surface area contributed by atoms with Crippen LogP contribution in [0.1, 0.15) is 30.7 Å². The molecule has 0 bridgehead atoms. The number of aryl methyl sites for hydroxylation is 1. The first-order chi connectivity index (χ1) is 11.5. The zero-order valence-electron chi connectivity index (χ0n) is 14.0. The zero-order chi connectivity index (χ0) is 17.1. The molecule has 128 valence electrons. The molecule has 3 rings (SSSR count). The van der Waals surface area contributed by atoms with Crippen molar-refractivity contribution < 1.29 is 14.4 Å². The minimum Gasteiger partial charge on any atom is -0.393 e. The van der Waals surface area contributed by atoms with Crippen molar-refractivity contribution in [2.24, 2.45) is 5.92 Å². The summed E-state index contributed by atoms with van der Waals surface area (Å²) in [7, 11) is 0. The van der Waals surface area contributed by atoms with Crippen LogP contribution < -0.4 is 5.32 Å². The van der Waals surface area contributed by atoms with Gasteiger partial charge >= 0.3 is 0 Å². The molecular weight excluding hydrogens is 306 g/mol. The van der Waals surface area contributed by atoms with E-state index in [4.69, 9.17) is 4.52 Å². The van der Waals surface area contributed by atoms with Crippen molar-refractivity contribution in [1.29, 1.82) is 0 Å². The molecule has 1 amide bonds. The third kappa shape index (κ3) is 3.66. The maximum absolute atomic E-state index is 12.9. The SMILES string of the molecule is Cc1cc(NC(=O)C(c2ccccc2)N2CCC(C(C)O)C2)no1. The van der Waals surface area contributed by atoms with Crippen LogP contribution in [0.5, 0.6) is 0 Å². The van der Waals surface area contributed by atoms with Crippen LogP contribution >= 0.6 is 0 Å². The second-order valence-electron chi connectivity index (χ2n) is 6.41. The average Bonchev–Trinajstić information content (AvgIpc) is 3.18. The Bertz CT molecular complexity index is 684. The number of hydrogen-bond donors (Lipinski definition) is 2. The summed E-state index contributed by atoms with van der Waals surface area (Å²) < 4.78 is 5.01. The summed E-state index contributed by atoms with van der Waals surface area (Å²) in [6.45, 7) is 5.07. The van der Waals surface area contributed by atoms with Crippen LogP contribution in [-0.4, -0.2) is 40.3 Å². The van der Waals surface area contributed by atoms with Gasteiger partial charge in [0, 0.05) is 12.6 Å². The van der Waals surface area contributed by atoms with Crippen molar-refractivity contribution in [3.8, 4) is 0 Å². The van der Waals surface area contributed by atoms with Gasteiger partial charge in [-0.3, -0.25) is 9.69 Å². The van der Waals surface area contributed by atoms with Crippen LogP contribution in [0.15, 0.2) is 40.9 Å². The van der Waals surface area contributed by atoms with E-state index in [9.17, 15) is 9.90 Å². The van der Waals surface area contributed by atoms with Crippen LogP contribution in [0, 0.1) is 12.8 Å². The van der Waals surface area contributed by atoms with Gasteiger partial charge in [-0.2, -0.15) is 0 Å². The van der Waals surface area contributed by atoms with Gasteiger partial charge in [-0.15, -0.1) is 0 Å². The molecule has 1 aromatic carbocycles. The number of amides is 1. The lowest BCUT2D eigenvalue weighted by Gasteiger charge is -2.27. The lowest BCUT2D eigenvalue weighted by Crippen LogP contribution is -2.36. The smallest absolute Gasteiger partial charge is 0.247 e. The highest BCUT2D eigenvalue weighted by Crippen LogP contribution is 2.30. The molecule has 3 unspecified atom stereocenters. The van der Waals surface area contributed by atoms with Gasteiger partial charge in [0.15, 0.2) is 5.82 Å². The van der Waals surface area contributed by atoms with Crippen molar-refractivity contribution in [3.63, 3.8) is 0 Å². The highest BCUT2D eigenvalue weighted by atomic mass is 16.5. The highest BCUT2D eigenvalue weighted by Gasteiger charge is 2.35. The predicted molar refractivity (Wildman–Crippen MR) is 90.4 cm³/mol. The number of carbonyl (C=O) groups excluding carboxylic acids is 1. The molecule has 24 heavy (non-hydrogen) atoms. The normalized spacial score (nSPS) is 20.7. The number of nitrogens with one attached hydrogen (secondary N) is 1. The van der Waals surface area contributed by atoms with E-state index in [0.717, 1.165) is 18.5 Å². The van der Waals surface area contributed by atoms with Crippen molar-refractivity contribution in [2.75, 3.05) is 18.4 Å². The summed E-state index contributed by atoms with van der Waals surface area (Å²) in [6, 6.07) is 11.0. The zero-order valence-corrected chi connectivity index (χ0v) is 14.0. The number of nitrogens with zero attached hydrogens (tertiary/aromatic N) is 2. The molecule has 6 heteroatoms. The molecule has 1 fully saturated rings. The van der Waals surface area contributed by atoms with Crippen molar-refractivity contribution in [2.45, 2.75) is 32.4 Å². The van der Waals surface area contributed by atoms with Gasteiger partial charge in [-0.05, 0) is 38.3 Å². The lowest BCUT2D eigenvalue weighted by molar-refractivity contribution is -0.121. The van der Waals surface area contributed by atoms with Crippen LogP contribution in [0.2, 0.25) is 0 Å². The maximum atomic E-state index is 12.9. The number of carbonyl (C=O) groups is 1. The van der Waals surface area contributed by atoms with Crippen LogP contribution in [-0.2, 0) is 4.79 Å². The fourth-order valence-corrected chi connectivity index (χ4v) is 3.23. The quantitative estimate of drug-likeness (QED) is 0.880. The number of anilines is 1. The van der Waals surface area contributed by atoms with E-state index in [1.807, 2.05) is 37.3 Å². The number of aliphatic hydroxyl groups excluding tert-OH is 1. The molecule has 0 aliphatic carbocycles. The highest BCUT2D eigenvalue weighted by molar-refractivity contribution is 5.94. The molecule has 1 saturated heterocycles. The molecule has 2 heterocycles. The minimum atomic E-state index is -0.410.